The molecule has 9 heteroatoms. The standard InChI is InChI=1S/C18H23F3N4O.ClH/c1-4-17(22,5-2)11-23-16(26)14-10-24-25(15(14)18(19,20)21)13-8-6-12(3)7-9-13;/h6-10H,4-5,11,22H2,1-3H3,(H,23,26);1H. The molecule has 150 valence electrons. The van der Waals surface area contributed by atoms with Gasteiger partial charge in [-0.3, -0.25) is 4.79 Å². The predicted octanol–water partition coefficient (Wildman–Crippen LogP) is 3.87. The van der Waals surface area contributed by atoms with E-state index in [0.29, 0.717) is 12.8 Å². The average molecular weight is 405 g/mol. The third-order valence-electron chi connectivity index (χ3n) is 4.57. The van der Waals surface area contributed by atoms with Crippen LogP contribution < -0.4 is 11.1 Å². The van der Waals surface area contributed by atoms with Gasteiger partial charge in [0.2, 0.25) is 0 Å². The van der Waals surface area contributed by atoms with Crippen LogP contribution >= 0.6 is 12.4 Å². The van der Waals surface area contributed by atoms with Crippen molar-refractivity contribution >= 4 is 18.3 Å². The molecule has 1 aromatic heterocycles. The Balaban J connectivity index is 0.00000364. The van der Waals surface area contributed by atoms with Crippen molar-refractivity contribution in [2.24, 2.45) is 5.73 Å². The van der Waals surface area contributed by atoms with Gasteiger partial charge in [-0.25, -0.2) is 4.68 Å². The second-order valence-electron chi connectivity index (χ2n) is 6.40. The van der Waals surface area contributed by atoms with E-state index in [0.717, 1.165) is 16.4 Å². The molecule has 0 aliphatic heterocycles. The van der Waals surface area contributed by atoms with E-state index in [1.54, 1.807) is 12.1 Å². The van der Waals surface area contributed by atoms with Crippen LogP contribution in [0.15, 0.2) is 30.5 Å². The summed E-state index contributed by atoms with van der Waals surface area (Å²) in [6.45, 7) is 5.65. The van der Waals surface area contributed by atoms with E-state index in [2.05, 4.69) is 10.4 Å². The third-order valence-corrected chi connectivity index (χ3v) is 4.57. The number of aryl methyl sites for hydroxylation is 1. The molecular formula is C18H24ClF3N4O. The van der Waals surface area contributed by atoms with E-state index >= 15 is 0 Å². The fraction of sp³-hybridized carbons (Fsp3) is 0.444. The summed E-state index contributed by atoms with van der Waals surface area (Å²) in [5.41, 5.74) is 4.97. The Hall–Kier alpha value is -2.06. The molecule has 0 spiro atoms. The van der Waals surface area contributed by atoms with E-state index in [1.807, 2.05) is 20.8 Å². The number of nitrogens with two attached hydrogens (primary N) is 1. The highest BCUT2D eigenvalue weighted by Crippen LogP contribution is 2.33. The first kappa shape index (κ1) is 23.0. The molecule has 0 saturated carbocycles. The highest BCUT2D eigenvalue weighted by atomic mass is 35.5. The monoisotopic (exact) mass is 404 g/mol. The topological polar surface area (TPSA) is 72.9 Å². The Bertz CT molecular complexity index is 768. The van der Waals surface area contributed by atoms with Crippen LogP contribution in [-0.4, -0.2) is 27.8 Å². The summed E-state index contributed by atoms with van der Waals surface area (Å²) in [4.78, 5) is 12.4. The Labute approximate surface area is 162 Å². The molecule has 0 saturated heterocycles. The van der Waals surface area contributed by atoms with Crippen molar-refractivity contribution in [1.82, 2.24) is 15.1 Å². The highest BCUT2D eigenvalue weighted by Gasteiger charge is 2.40. The summed E-state index contributed by atoms with van der Waals surface area (Å²) in [6, 6.07) is 6.42. The normalized spacial score (nSPS) is 11.8. The molecule has 0 fully saturated rings. The molecule has 2 aromatic rings. The number of benzene rings is 1. The van der Waals surface area contributed by atoms with Gasteiger partial charge in [0.15, 0.2) is 5.69 Å². The van der Waals surface area contributed by atoms with Gasteiger partial charge in [0.25, 0.3) is 5.91 Å². The summed E-state index contributed by atoms with van der Waals surface area (Å²) in [5, 5.41) is 6.30. The van der Waals surface area contributed by atoms with Crippen molar-refractivity contribution < 1.29 is 18.0 Å². The van der Waals surface area contributed by atoms with Crippen LogP contribution in [0.5, 0.6) is 0 Å². The molecule has 0 bridgehead atoms. The molecule has 0 unspecified atom stereocenters. The lowest BCUT2D eigenvalue weighted by atomic mass is 9.94. The SMILES string of the molecule is CCC(N)(CC)CNC(=O)c1cnn(-c2ccc(C)cc2)c1C(F)(F)F.Cl. The molecule has 3 N–H and O–H groups in total. The maximum absolute atomic E-state index is 13.6. The number of nitrogens with one attached hydrogen (secondary N) is 1. The lowest BCUT2D eigenvalue weighted by molar-refractivity contribution is -0.143. The van der Waals surface area contributed by atoms with Gasteiger partial charge in [-0.1, -0.05) is 31.5 Å². The van der Waals surface area contributed by atoms with Crippen molar-refractivity contribution in [2.45, 2.75) is 45.3 Å². The van der Waals surface area contributed by atoms with E-state index in [9.17, 15) is 18.0 Å². The number of aromatic nitrogens is 2. The number of alkyl halides is 3. The first-order valence-corrected chi connectivity index (χ1v) is 8.40. The highest BCUT2D eigenvalue weighted by molar-refractivity contribution is 5.95. The third kappa shape index (κ3) is 5.23. The fourth-order valence-corrected chi connectivity index (χ4v) is 2.52. The Morgan fingerprint density at radius 1 is 1.19 bits per heavy atom. The van der Waals surface area contributed by atoms with Gasteiger partial charge in [0, 0.05) is 12.1 Å². The van der Waals surface area contributed by atoms with Crippen LogP contribution in [-0.2, 0) is 6.18 Å². The number of carbonyl (C=O) groups excluding carboxylic acids is 1. The number of hydrogen-bond donors (Lipinski definition) is 2. The molecule has 1 amide bonds. The Morgan fingerprint density at radius 2 is 1.74 bits per heavy atom. The van der Waals surface area contributed by atoms with Crippen LogP contribution in [0, 0.1) is 6.92 Å². The largest absolute Gasteiger partial charge is 0.434 e. The summed E-state index contributed by atoms with van der Waals surface area (Å²) >= 11 is 0. The summed E-state index contributed by atoms with van der Waals surface area (Å²) in [7, 11) is 0. The van der Waals surface area contributed by atoms with E-state index < -0.39 is 28.9 Å². The fourth-order valence-electron chi connectivity index (χ4n) is 2.52. The van der Waals surface area contributed by atoms with E-state index in [1.165, 1.54) is 12.1 Å². The van der Waals surface area contributed by atoms with Crippen molar-refractivity contribution in [2.75, 3.05) is 6.54 Å². The van der Waals surface area contributed by atoms with Gasteiger partial charge in [0.05, 0.1) is 17.4 Å². The van der Waals surface area contributed by atoms with Gasteiger partial charge in [-0.05, 0) is 31.9 Å². The number of carbonyl (C=O) groups is 1. The molecule has 0 aliphatic rings. The van der Waals surface area contributed by atoms with E-state index in [-0.39, 0.29) is 24.6 Å². The number of nitrogens with zero attached hydrogens (tertiary/aromatic N) is 2. The van der Waals surface area contributed by atoms with Gasteiger partial charge in [-0.2, -0.15) is 18.3 Å². The number of halogens is 4. The van der Waals surface area contributed by atoms with Crippen molar-refractivity contribution in [3.63, 3.8) is 0 Å². The second-order valence-corrected chi connectivity index (χ2v) is 6.40. The maximum Gasteiger partial charge on any atom is 0.434 e. The zero-order valence-corrected chi connectivity index (χ0v) is 16.2. The second kappa shape index (κ2) is 8.75. The number of hydrogen-bond acceptors (Lipinski definition) is 3. The Morgan fingerprint density at radius 3 is 2.22 bits per heavy atom. The first-order valence-electron chi connectivity index (χ1n) is 8.40. The maximum atomic E-state index is 13.6. The Kier molecular flexibility index (Phi) is 7.45. The average Bonchev–Trinajstić information content (AvgIpc) is 3.05. The zero-order valence-electron chi connectivity index (χ0n) is 15.4. The summed E-state index contributed by atoms with van der Waals surface area (Å²) in [6.07, 6.45) is -2.60. The molecule has 0 radical (unpaired) electrons. The van der Waals surface area contributed by atoms with Gasteiger partial charge >= 0.3 is 6.18 Å². The van der Waals surface area contributed by atoms with Gasteiger partial charge in [0.1, 0.15) is 0 Å². The zero-order chi connectivity index (χ0) is 19.5. The molecule has 1 aromatic carbocycles. The predicted molar refractivity (Wildman–Crippen MR) is 100 cm³/mol. The molecule has 2 rings (SSSR count). The van der Waals surface area contributed by atoms with Gasteiger partial charge in [-0.15, -0.1) is 12.4 Å². The summed E-state index contributed by atoms with van der Waals surface area (Å²) < 4.78 is 41.6. The number of rotatable bonds is 6. The quantitative estimate of drug-likeness (QED) is 0.767. The summed E-state index contributed by atoms with van der Waals surface area (Å²) in [5.74, 6) is -0.840. The van der Waals surface area contributed by atoms with Crippen LogP contribution in [0.25, 0.3) is 5.69 Å². The van der Waals surface area contributed by atoms with Crippen molar-refractivity contribution in [1.29, 1.82) is 0 Å². The minimum atomic E-state index is -4.73. The molecule has 0 aliphatic carbocycles. The molecule has 5 nitrogen and oxygen atoms in total. The van der Waals surface area contributed by atoms with Crippen LogP contribution in [0.4, 0.5) is 13.2 Å². The van der Waals surface area contributed by atoms with Crippen LogP contribution in [0.2, 0.25) is 0 Å². The van der Waals surface area contributed by atoms with Crippen LogP contribution in [0.1, 0.15) is 48.3 Å². The first-order chi connectivity index (χ1) is 12.1. The smallest absolute Gasteiger partial charge is 0.350 e. The van der Waals surface area contributed by atoms with Crippen molar-refractivity contribution in [3.8, 4) is 5.69 Å². The minimum Gasteiger partial charge on any atom is -0.350 e. The van der Waals surface area contributed by atoms with Crippen LogP contribution in [0.3, 0.4) is 0 Å². The number of amides is 1. The molecule has 0 atom stereocenters. The van der Waals surface area contributed by atoms with Crippen molar-refractivity contribution in [3.05, 3.63) is 47.3 Å². The van der Waals surface area contributed by atoms with E-state index in [4.69, 9.17) is 5.73 Å². The molecule has 27 heavy (non-hydrogen) atoms. The minimum absolute atomic E-state index is 0. The lowest BCUT2D eigenvalue weighted by Gasteiger charge is -2.26. The van der Waals surface area contributed by atoms with Gasteiger partial charge < -0.3 is 11.1 Å². The molecular weight excluding hydrogens is 381 g/mol. The molecule has 1 heterocycles. The lowest BCUT2D eigenvalue weighted by Crippen LogP contribution is -2.49.